The summed E-state index contributed by atoms with van der Waals surface area (Å²) in [6.45, 7) is 11.6. The molecule has 0 radical (unpaired) electrons. The average molecular weight is 340 g/mol. The zero-order valence-corrected chi connectivity index (χ0v) is 16.1. The van der Waals surface area contributed by atoms with Crippen LogP contribution in [0.2, 0.25) is 18.1 Å². The van der Waals surface area contributed by atoms with Crippen molar-refractivity contribution in [2.24, 2.45) is 0 Å². The Bertz CT molecular complexity index is 493. The van der Waals surface area contributed by atoms with Crippen molar-refractivity contribution < 1.29 is 19.1 Å². The first-order valence-corrected chi connectivity index (χ1v) is 11.1. The molecule has 1 saturated heterocycles. The Morgan fingerprint density at radius 3 is 2.52 bits per heavy atom. The van der Waals surface area contributed by atoms with Crippen LogP contribution in [0.1, 0.15) is 40.0 Å². The van der Waals surface area contributed by atoms with E-state index in [1.54, 1.807) is 0 Å². The van der Waals surface area contributed by atoms with Gasteiger partial charge in [0.25, 0.3) is 0 Å². The van der Waals surface area contributed by atoms with Gasteiger partial charge in [0, 0.05) is 13.0 Å². The van der Waals surface area contributed by atoms with Crippen molar-refractivity contribution in [1.29, 1.82) is 0 Å². The first kappa shape index (κ1) is 19.7. The van der Waals surface area contributed by atoms with Crippen LogP contribution in [0.5, 0.6) is 0 Å². The summed E-state index contributed by atoms with van der Waals surface area (Å²) >= 11 is 0. The minimum atomic E-state index is -1.73. The molecule has 1 amide bonds. The van der Waals surface area contributed by atoms with Crippen LogP contribution in [0.25, 0.3) is 0 Å². The molecule has 1 aliphatic rings. The fraction of sp³-hybridized carbons (Fsp3) is 0.765. The molecule has 23 heavy (non-hydrogen) atoms. The topological polar surface area (TPSA) is 64.6 Å². The zero-order valence-electron chi connectivity index (χ0n) is 15.1. The van der Waals surface area contributed by atoms with Crippen molar-refractivity contribution in [3.05, 3.63) is 0 Å². The molecule has 130 valence electrons. The molecule has 0 unspecified atom stereocenters. The van der Waals surface area contributed by atoms with Crippen molar-refractivity contribution in [3.8, 4) is 11.5 Å². The second-order valence-corrected chi connectivity index (χ2v) is 12.5. The highest BCUT2D eigenvalue weighted by molar-refractivity contribution is 6.87. The molecule has 1 heterocycles. The molecule has 0 aromatic heterocycles. The summed E-state index contributed by atoms with van der Waals surface area (Å²) < 4.78 is 10.1. The van der Waals surface area contributed by atoms with Crippen LogP contribution >= 0.6 is 0 Å². The second kappa shape index (κ2) is 7.98. The smallest absolute Gasteiger partial charge is 0.329 e. The summed E-state index contributed by atoms with van der Waals surface area (Å²) in [5, 5.41) is 2.86. The van der Waals surface area contributed by atoms with Crippen molar-refractivity contribution in [2.45, 2.75) is 70.3 Å². The Balaban J connectivity index is 2.73. The van der Waals surface area contributed by atoms with Crippen LogP contribution in [0.15, 0.2) is 0 Å². The number of carbonyl (C=O) groups excluding carboxylic acids is 2. The number of amides is 1. The minimum absolute atomic E-state index is 0.154. The number of nitrogens with one attached hydrogen (secondary N) is 1. The van der Waals surface area contributed by atoms with E-state index in [-0.39, 0.29) is 17.4 Å². The number of rotatable bonds is 4. The number of hydrogen-bond donors (Lipinski definition) is 1. The predicted molar refractivity (Wildman–Crippen MR) is 92.5 cm³/mol. The molecule has 1 N–H and O–H groups in total. The van der Waals surface area contributed by atoms with Gasteiger partial charge in [-0.2, -0.15) is 0 Å². The maximum absolute atomic E-state index is 12.1. The van der Waals surface area contributed by atoms with Gasteiger partial charge in [-0.05, 0) is 17.9 Å². The summed E-state index contributed by atoms with van der Waals surface area (Å²) in [6, 6.07) is -0.742. The van der Waals surface area contributed by atoms with E-state index in [1.807, 2.05) is 0 Å². The highest BCUT2D eigenvalue weighted by atomic mass is 28.3. The molecule has 0 aliphatic carbocycles. The standard InChI is InChI=1S/C17H29NO4Si/c1-17(2,3)23(5,6)12-8-9-13(16(20)21-4)18-15(19)14-10-7-11-22-14/h13-14H,7,9-11H2,1-6H3,(H,18,19)/t13-,14+/m0/s1. The normalized spacial score (nSPS) is 19.5. The van der Waals surface area contributed by atoms with Crippen LogP contribution in [-0.2, 0) is 19.1 Å². The summed E-state index contributed by atoms with van der Waals surface area (Å²) in [5.74, 6) is 2.37. The lowest BCUT2D eigenvalue weighted by molar-refractivity contribution is -0.146. The number of carbonyl (C=O) groups is 2. The molecule has 0 bridgehead atoms. The Hall–Kier alpha value is -1.32. The monoisotopic (exact) mass is 339 g/mol. The van der Waals surface area contributed by atoms with Crippen molar-refractivity contribution >= 4 is 20.0 Å². The minimum Gasteiger partial charge on any atom is -0.467 e. The number of ether oxygens (including phenoxy) is 2. The van der Waals surface area contributed by atoms with E-state index in [9.17, 15) is 9.59 Å². The molecule has 0 aromatic rings. The third-order valence-corrected chi connectivity index (χ3v) is 9.16. The third kappa shape index (κ3) is 5.67. The molecule has 5 nitrogen and oxygen atoms in total. The van der Waals surface area contributed by atoms with E-state index in [4.69, 9.17) is 9.47 Å². The van der Waals surface area contributed by atoms with Gasteiger partial charge in [-0.3, -0.25) is 4.79 Å². The molecule has 6 heteroatoms. The average Bonchev–Trinajstić information content (AvgIpc) is 2.98. The van der Waals surface area contributed by atoms with E-state index in [2.05, 4.69) is 50.6 Å². The largest absolute Gasteiger partial charge is 0.467 e. The van der Waals surface area contributed by atoms with E-state index < -0.39 is 26.2 Å². The Kier molecular flexibility index (Phi) is 6.84. The van der Waals surface area contributed by atoms with Crippen LogP contribution in [0, 0.1) is 11.5 Å². The SMILES string of the molecule is COC(=O)[C@H](CC#C[Si](C)(C)C(C)(C)C)NC(=O)[C@H]1CCCO1. The fourth-order valence-electron chi connectivity index (χ4n) is 1.95. The maximum atomic E-state index is 12.1. The first-order chi connectivity index (χ1) is 10.6. The Morgan fingerprint density at radius 2 is 2.04 bits per heavy atom. The van der Waals surface area contributed by atoms with Gasteiger partial charge < -0.3 is 14.8 Å². The molecular formula is C17H29NO4Si. The first-order valence-electron chi connectivity index (χ1n) is 8.08. The highest BCUT2D eigenvalue weighted by Gasteiger charge is 2.34. The predicted octanol–water partition coefficient (Wildman–Crippen LogP) is 2.26. The molecule has 0 spiro atoms. The molecule has 1 rings (SSSR count). The van der Waals surface area contributed by atoms with E-state index in [0.717, 1.165) is 6.42 Å². The number of methoxy groups -OCH3 is 1. The van der Waals surface area contributed by atoms with Gasteiger partial charge >= 0.3 is 5.97 Å². The second-order valence-electron chi connectivity index (χ2n) is 7.47. The summed E-state index contributed by atoms with van der Waals surface area (Å²) in [7, 11) is -0.419. The van der Waals surface area contributed by atoms with Crippen molar-refractivity contribution in [1.82, 2.24) is 5.32 Å². The lowest BCUT2D eigenvalue weighted by atomic mass is 10.2. The molecule has 2 atom stereocenters. The Labute approximate surface area is 140 Å². The maximum Gasteiger partial charge on any atom is 0.329 e. The molecule has 1 fully saturated rings. The van der Waals surface area contributed by atoms with Gasteiger partial charge in [-0.25, -0.2) is 4.79 Å². The van der Waals surface area contributed by atoms with Gasteiger partial charge in [-0.15, -0.1) is 11.5 Å². The van der Waals surface area contributed by atoms with Crippen LogP contribution in [-0.4, -0.2) is 45.8 Å². The van der Waals surface area contributed by atoms with Crippen LogP contribution in [0.3, 0.4) is 0 Å². The van der Waals surface area contributed by atoms with Gasteiger partial charge in [0.2, 0.25) is 5.91 Å². The number of hydrogen-bond acceptors (Lipinski definition) is 4. The van der Waals surface area contributed by atoms with Gasteiger partial charge in [-0.1, -0.05) is 33.9 Å². The molecule has 1 aliphatic heterocycles. The number of esters is 1. The Morgan fingerprint density at radius 1 is 1.39 bits per heavy atom. The van der Waals surface area contributed by atoms with Crippen molar-refractivity contribution in [3.63, 3.8) is 0 Å². The molecule has 0 saturated carbocycles. The van der Waals surface area contributed by atoms with Gasteiger partial charge in [0.1, 0.15) is 20.2 Å². The van der Waals surface area contributed by atoms with Crippen molar-refractivity contribution in [2.75, 3.05) is 13.7 Å². The van der Waals surface area contributed by atoms with E-state index in [1.165, 1.54) is 7.11 Å². The molecule has 0 aromatic carbocycles. The fourth-order valence-corrected chi connectivity index (χ4v) is 2.87. The zero-order chi connectivity index (χ0) is 17.7. The highest BCUT2D eigenvalue weighted by Crippen LogP contribution is 2.35. The quantitative estimate of drug-likeness (QED) is 0.485. The van der Waals surface area contributed by atoms with Crippen LogP contribution in [0.4, 0.5) is 0 Å². The molecular weight excluding hydrogens is 310 g/mol. The lowest BCUT2D eigenvalue weighted by Crippen LogP contribution is -2.45. The summed E-state index contributed by atoms with van der Waals surface area (Å²) in [5.41, 5.74) is 3.35. The van der Waals surface area contributed by atoms with Gasteiger partial charge in [0.05, 0.1) is 7.11 Å². The van der Waals surface area contributed by atoms with Crippen LogP contribution < -0.4 is 5.32 Å². The van der Waals surface area contributed by atoms with E-state index in [0.29, 0.717) is 13.0 Å². The lowest BCUT2D eigenvalue weighted by Gasteiger charge is -2.31. The van der Waals surface area contributed by atoms with Gasteiger partial charge in [0.15, 0.2) is 0 Å². The summed E-state index contributed by atoms with van der Waals surface area (Å²) in [4.78, 5) is 24.0. The summed E-state index contributed by atoms with van der Waals surface area (Å²) in [6.07, 6.45) is 1.36. The third-order valence-electron chi connectivity index (χ3n) is 4.61. The van der Waals surface area contributed by atoms with E-state index >= 15 is 0 Å².